The lowest BCUT2D eigenvalue weighted by molar-refractivity contribution is 0.177. The Morgan fingerprint density at radius 3 is 2.55 bits per heavy atom. The lowest BCUT2D eigenvalue weighted by Gasteiger charge is -2.31. The second-order valence-electron chi connectivity index (χ2n) is 5.28. The van der Waals surface area contributed by atoms with Crippen molar-refractivity contribution in [1.82, 2.24) is 9.97 Å². The number of methoxy groups -OCH3 is 1. The Morgan fingerprint density at radius 2 is 2.00 bits per heavy atom. The molecule has 1 rings (SSSR count). The Kier molecular flexibility index (Phi) is 6.88. The van der Waals surface area contributed by atoms with Crippen LogP contribution < -0.4 is 5.32 Å². The normalized spacial score (nSPS) is 11.7. The predicted octanol–water partition coefficient (Wildman–Crippen LogP) is 2.53. The Balaban J connectivity index is 2.76. The summed E-state index contributed by atoms with van der Waals surface area (Å²) >= 11 is 0. The number of anilines is 1. The number of aromatic nitrogens is 2. The van der Waals surface area contributed by atoms with E-state index in [-0.39, 0.29) is 12.0 Å². The van der Waals surface area contributed by atoms with Crippen molar-refractivity contribution in [1.29, 1.82) is 0 Å². The summed E-state index contributed by atoms with van der Waals surface area (Å²) in [5.74, 6) is 1.52. The first kappa shape index (κ1) is 16.9. The van der Waals surface area contributed by atoms with E-state index < -0.39 is 0 Å². The second kappa shape index (κ2) is 8.17. The van der Waals surface area contributed by atoms with Gasteiger partial charge in [-0.05, 0) is 31.6 Å². The van der Waals surface area contributed by atoms with Gasteiger partial charge in [-0.2, -0.15) is 0 Å². The maximum atomic E-state index is 9.25. The summed E-state index contributed by atoms with van der Waals surface area (Å²) < 4.78 is 5.08. The highest BCUT2D eigenvalue weighted by molar-refractivity contribution is 5.36. The van der Waals surface area contributed by atoms with Gasteiger partial charge in [-0.3, -0.25) is 0 Å². The summed E-state index contributed by atoms with van der Waals surface area (Å²) in [5.41, 5.74) is 1.05. The number of aryl methyl sites for hydroxylation is 1. The van der Waals surface area contributed by atoms with Crippen LogP contribution >= 0.6 is 0 Å². The van der Waals surface area contributed by atoms with Crippen LogP contribution in [-0.2, 0) is 11.3 Å². The van der Waals surface area contributed by atoms with Gasteiger partial charge in [-0.25, -0.2) is 9.97 Å². The number of aliphatic hydroxyl groups is 1. The van der Waals surface area contributed by atoms with Crippen molar-refractivity contribution in [3.63, 3.8) is 0 Å². The average Bonchev–Trinajstić information content (AvgIpc) is 2.43. The van der Waals surface area contributed by atoms with Crippen LogP contribution in [0.2, 0.25) is 0 Å². The fraction of sp³-hybridized carbons (Fsp3) is 0.733. The van der Waals surface area contributed by atoms with E-state index in [0.717, 1.165) is 37.3 Å². The molecule has 0 aliphatic carbocycles. The van der Waals surface area contributed by atoms with Crippen molar-refractivity contribution in [2.75, 3.05) is 25.6 Å². The molecule has 0 bridgehead atoms. The fourth-order valence-electron chi connectivity index (χ4n) is 2.37. The summed E-state index contributed by atoms with van der Waals surface area (Å²) in [6.45, 7) is 7.74. The van der Waals surface area contributed by atoms with E-state index in [1.54, 1.807) is 7.11 Å². The van der Waals surface area contributed by atoms with Gasteiger partial charge in [0, 0.05) is 32.0 Å². The van der Waals surface area contributed by atoms with Crippen LogP contribution in [0, 0.1) is 12.3 Å². The van der Waals surface area contributed by atoms with E-state index >= 15 is 0 Å². The number of ether oxygens (including phenoxy) is 1. The smallest absolute Gasteiger partial charge is 0.156 e. The molecule has 0 aromatic carbocycles. The molecule has 1 heterocycles. The van der Waals surface area contributed by atoms with Gasteiger partial charge in [0.25, 0.3) is 0 Å². The molecular formula is C15H27N3O2. The molecule has 0 saturated heterocycles. The summed E-state index contributed by atoms with van der Waals surface area (Å²) in [6, 6.07) is 1.94. The molecular weight excluding hydrogens is 254 g/mol. The number of hydrogen-bond donors (Lipinski definition) is 2. The molecule has 0 aliphatic rings. The third-order valence-corrected chi connectivity index (χ3v) is 3.96. The van der Waals surface area contributed by atoms with E-state index in [4.69, 9.17) is 4.74 Å². The lowest BCUT2D eigenvalue weighted by Crippen LogP contribution is -2.30. The molecule has 114 valence electrons. The largest absolute Gasteiger partial charge is 0.396 e. The van der Waals surface area contributed by atoms with E-state index in [1.165, 1.54) is 0 Å². The van der Waals surface area contributed by atoms with Gasteiger partial charge in [0.05, 0.1) is 0 Å². The lowest BCUT2D eigenvalue weighted by atomic mass is 9.79. The van der Waals surface area contributed by atoms with Crippen molar-refractivity contribution in [2.24, 2.45) is 5.41 Å². The minimum absolute atomic E-state index is 0.120. The van der Waals surface area contributed by atoms with Crippen LogP contribution in [0.15, 0.2) is 6.07 Å². The molecule has 0 saturated carbocycles. The van der Waals surface area contributed by atoms with E-state index in [9.17, 15) is 5.11 Å². The molecule has 0 fully saturated rings. The summed E-state index contributed by atoms with van der Waals surface area (Å²) in [4.78, 5) is 8.77. The number of nitrogens with one attached hydrogen (secondary N) is 1. The molecule has 5 nitrogen and oxygen atoms in total. The molecule has 0 amide bonds. The van der Waals surface area contributed by atoms with Crippen LogP contribution in [-0.4, -0.2) is 35.3 Å². The van der Waals surface area contributed by atoms with Crippen LogP contribution in [0.1, 0.15) is 44.6 Å². The standard InChI is InChI=1S/C15H27N3O2/c1-5-15(6-2,7-8-19)11-16-13-9-12(3)17-14(18-13)10-20-4/h9,19H,5-8,10-11H2,1-4H3,(H,16,17,18). The molecule has 20 heavy (non-hydrogen) atoms. The fourth-order valence-corrected chi connectivity index (χ4v) is 2.37. The van der Waals surface area contributed by atoms with Crippen LogP contribution in [0.4, 0.5) is 5.82 Å². The Hall–Kier alpha value is -1.20. The highest BCUT2D eigenvalue weighted by Crippen LogP contribution is 2.30. The predicted molar refractivity (Wildman–Crippen MR) is 80.7 cm³/mol. The quantitative estimate of drug-likeness (QED) is 0.728. The van der Waals surface area contributed by atoms with E-state index in [0.29, 0.717) is 12.4 Å². The Labute approximate surface area is 121 Å². The molecule has 0 radical (unpaired) electrons. The number of aliphatic hydroxyl groups excluding tert-OH is 1. The molecule has 0 spiro atoms. The highest BCUT2D eigenvalue weighted by atomic mass is 16.5. The minimum atomic E-state index is 0.120. The highest BCUT2D eigenvalue weighted by Gasteiger charge is 2.25. The molecule has 0 unspecified atom stereocenters. The number of hydrogen-bond acceptors (Lipinski definition) is 5. The SMILES string of the molecule is CCC(CC)(CCO)CNc1cc(C)nc(COC)n1. The number of nitrogens with zero attached hydrogens (tertiary/aromatic N) is 2. The van der Waals surface area contributed by atoms with Crippen molar-refractivity contribution in [3.8, 4) is 0 Å². The third-order valence-electron chi connectivity index (χ3n) is 3.96. The maximum Gasteiger partial charge on any atom is 0.156 e. The van der Waals surface area contributed by atoms with Crippen LogP contribution in [0.5, 0.6) is 0 Å². The van der Waals surface area contributed by atoms with Gasteiger partial charge in [0.2, 0.25) is 0 Å². The van der Waals surface area contributed by atoms with Gasteiger partial charge >= 0.3 is 0 Å². The Morgan fingerprint density at radius 1 is 1.30 bits per heavy atom. The van der Waals surface area contributed by atoms with Gasteiger partial charge < -0.3 is 15.2 Å². The molecule has 1 aromatic heterocycles. The zero-order valence-corrected chi connectivity index (χ0v) is 13.1. The monoisotopic (exact) mass is 281 g/mol. The zero-order valence-electron chi connectivity index (χ0n) is 13.1. The van der Waals surface area contributed by atoms with Crippen molar-refractivity contribution in [3.05, 3.63) is 17.6 Å². The summed E-state index contributed by atoms with van der Waals surface area (Å²) in [5, 5.41) is 12.6. The molecule has 1 aromatic rings. The van der Waals surface area contributed by atoms with Crippen molar-refractivity contribution >= 4 is 5.82 Å². The van der Waals surface area contributed by atoms with Crippen LogP contribution in [0.25, 0.3) is 0 Å². The summed E-state index contributed by atoms with van der Waals surface area (Å²) in [7, 11) is 1.64. The average molecular weight is 281 g/mol. The van der Waals surface area contributed by atoms with Crippen molar-refractivity contribution < 1.29 is 9.84 Å². The Bertz CT molecular complexity index is 406. The topological polar surface area (TPSA) is 67.3 Å². The minimum Gasteiger partial charge on any atom is -0.396 e. The van der Waals surface area contributed by atoms with E-state index in [1.807, 2.05) is 13.0 Å². The first-order valence-electron chi connectivity index (χ1n) is 7.27. The first-order valence-corrected chi connectivity index (χ1v) is 7.27. The molecule has 0 atom stereocenters. The van der Waals surface area contributed by atoms with Crippen LogP contribution in [0.3, 0.4) is 0 Å². The molecule has 2 N–H and O–H groups in total. The van der Waals surface area contributed by atoms with E-state index in [2.05, 4.69) is 29.1 Å². The van der Waals surface area contributed by atoms with Gasteiger partial charge in [-0.15, -0.1) is 0 Å². The van der Waals surface area contributed by atoms with Gasteiger partial charge in [-0.1, -0.05) is 13.8 Å². The van der Waals surface area contributed by atoms with Gasteiger partial charge in [0.15, 0.2) is 5.82 Å². The third kappa shape index (κ3) is 4.72. The second-order valence-corrected chi connectivity index (χ2v) is 5.28. The maximum absolute atomic E-state index is 9.25. The van der Waals surface area contributed by atoms with Gasteiger partial charge in [0.1, 0.15) is 12.4 Å². The molecule has 0 aliphatic heterocycles. The molecule has 5 heteroatoms. The first-order chi connectivity index (χ1) is 9.59. The summed E-state index contributed by atoms with van der Waals surface area (Å²) in [6.07, 6.45) is 2.88. The zero-order chi connectivity index (χ0) is 15.0. The van der Waals surface area contributed by atoms with Crippen molar-refractivity contribution in [2.45, 2.75) is 46.6 Å². The number of rotatable bonds is 9.